The first-order valence-electron chi connectivity index (χ1n) is 4.90. The number of ketones is 1. The lowest BCUT2D eigenvalue weighted by atomic mass is 10.2. The van der Waals surface area contributed by atoms with E-state index in [1.54, 1.807) is 6.92 Å². The Morgan fingerprint density at radius 2 is 2.00 bits per heavy atom. The van der Waals surface area contributed by atoms with Gasteiger partial charge in [0.1, 0.15) is 0 Å². The smallest absolute Gasteiger partial charge is 0.152 e. The van der Waals surface area contributed by atoms with E-state index in [9.17, 15) is 13.2 Å². The van der Waals surface area contributed by atoms with Crippen molar-refractivity contribution in [1.29, 1.82) is 0 Å². The number of Topliss-reactive ketones (excluding diaryl/α,β-unsaturated/α-hetero) is 1. The molecule has 0 aromatic heterocycles. The number of nitrogens with two attached hydrogens (primary N) is 1. The van der Waals surface area contributed by atoms with Crippen molar-refractivity contribution in [3.05, 3.63) is 0 Å². The monoisotopic (exact) mass is 237 g/mol. The molecule has 1 atom stereocenters. The highest BCUT2D eigenvalue weighted by Crippen LogP contribution is 1.99. The maximum absolute atomic E-state index is 11.3. The van der Waals surface area contributed by atoms with E-state index in [0.29, 0.717) is 6.42 Å². The minimum atomic E-state index is -3.09. The Morgan fingerprint density at radius 3 is 2.47 bits per heavy atom. The number of carbonyl (C=O) groups is 1. The fraction of sp³-hybridized carbons (Fsp3) is 0.889. The van der Waals surface area contributed by atoms with E-state index in [4.69, 9.17) is 10.5 Å². The second-order valence-corrected chi connectivity index (χ2v) is 5.73. The zero-order chi connectivity index (χ0) is 11.9. The Kier molecular flexibility index (Phi) is 6.71. The summed E-state index contributed by atoms with van der Waals surface area (Å²) in [7, 11) is -1.65. The molecule has 2 N–H and O–H groups in total. The highest BCUT2D eigenvalue weighted by Gasteiger charge is 2.17. The summed E-state index contributed by atoms with van der Waals surface area (Å²) in [6.07, 6.45) is 0.549. The van der Waals surface area contributed by atoms with Gasteiger partial charge >= 0.3 is 0 Å². The van der Waals surface area contributed by atoms with Gasteiger partial charge in [-0.2, -0.15) is 0 Å². The largest absolute Gasteiger partial charge is 0.383 e. The van der Waals surface area contributed by atoms with Crippen LogP contribution in [0.25, 0.3) is 0 Å². The van der Waals surface area contributed by atoms with Crippen LogP contribution < -0.4 is 5.73 Å². The molecule has 0 fully saturated rings. The van der Waals surface area contributed by atoms with Crippen molar-refractivity contribution in [1.82, 2.24) is 0 Å². The van der Waals surface area contributed by atoms with E-state index >= 15 is 0 Å². The fourth-order valence-electron chi connectivity index (χ4n) is 1.13. The maximum atomic E-state index is 11.3. The minimum Gasteiger partial charge on any atom is -0.383 e. The molecule has 90 valence electrons. The van der Waals surface area contributed by atoms with Crippen molar-refractivity contribution in [2.24, 2.45) is 5.73 Å². The average Bonchev–Trinajstić information content (AvgIpc) is 2.14. The van der Waals surface area contributed by atoms with E-state index < -0.39 is 15.9 Å². The molecule has 0 rings (SSSR count). The third kappa shape index (κ3) is 6.59. The van der Waals surface area contributed by atoms with Crippen molar-refractivity contribution >= 4 is 15.6 Å². The minimum absolute atomic E-state index is 0.0210. The van der Waals surface area contributed by atoms with E-state index in [1.165, 1.54) is 7.11 Å². The number of sulfone groups is 1. The van der Waals surface area contributed by atoms with Crippen molar-refractivity contribution in [2.75, 3.05) is 25.2 Å². The summed E-state index contributed by atoms with van der Waals surface area (Å²) in [4.78, 5) is 11.3. The molecule has 0 radical (unpaired) electrons. The van der Waals surface area contributed by atoms with Gasteiger partial charge in [0.15, 0.2) is 15.6 Å². The first kappa shape index (κ1) is 14.5. The molecule has 0 heterocycles. The van der Waals surface area contributed by atoms with Gasteiger partial charge in [-0.1, -0.05) is 6.92 Å². The lowest BCUT2D eigenvalue weighted by Gasteiger charge is -2.08. The van der Waals surface area contributed by atoms with Crippen LogP contribution in [0.2, 0.25) is 0 Å². The topological polar surface area (TPSA) is 86.5 Å². The molecule has 6 heteroatoms. The molecule has 15 heavy (non-hydrogen) atoms. The van der Waals surface area contributed by atoms with E-state index in [2.05, 4.69) is 0 Å². The van der Waals surface area contributed by atoms with Crippen LogP contribution in [-0.4, -0.2) is 45.5 Å². The van der Waals surface area contributed by atoms with Crippen molar-refractivity contribution in [3.8, 4) is 0 Å². The lowest BCUT2D eigenvalue weighted by Crippen LogP contribution is -2.35. The van der Waals surface area contributed by atoms with Crippen LogP contribution in [0.5, 0.6) is 0 Å². The van der Waals surface area contributed by atoms with Crippen molar-refractivity contribution < 1.29 is 17.9 Å². The van der Waals surface area contributed by atoms with Gasteiger partial charge in [-0.25, -0.2) is 8.42 Å². The molecule has 5 nitrogen and oxygen atoms in total. The van der Waals surface area contributed by atoms with E-state index in [0.717, 1.165) is 0 Å². The molecule has 0 aliphatic carbocycles. The number of hydrogen-bond acceptors (Lipinski definition) is 5. The predicted molar refractivity (Wildman–Crippen MR) is 58.4 cm³/mol. The summed E-state index contributed by atoms with van der Waals surface area (Å²) < 4.78 is 27.3. The highest BCUT2D eigenvalue weighted by molar-refractivity contribution is 7.91. The first-order valence-corrected chi connectivity index (χ1v) is 6.72. The van der Waals surface area contributed by atoms with Gasteiger partial charge in [0.05, 0.1) is 18.4 Å². The lowest BCUT2D eigenvalue weighted by molar-refractivity contribution is -0.121. The SMILES string of the molecule is CCCS(=O)(=O)CCC(=O)C(N)COC. The summed E-state index contributed by atoms with van der Waals surface area (Å²) >= 11 is 0. The summed E-state index contributed by atoms with van der Waals surface area (Å²) in [5.41, 5.74) is 5.46. The summed E-state index contributed by atoms with van der Waals surface area (Å²) in [6.45, 7) is 1.92. The fourth-order valence-corrected chi connectivity index (χ4v) is 2.47. The number of ether oxygens (including phenoxy) is 1. The normalized spacial score (nSPS) is 13.8. The van der Waals surface area contributed by atoms with Gasteiger partial charge in [-0.15, -0.1) is 0 Å². The average molecular weight is 237 g/mol. The molecule has 0 aromatic rings. The zero-order valence-electron chi connectivity index (χ0n) is 9.23. The summed E-state index contributed by atoms with van der Waals surface area (Å²) in [6, 6.07) is -0.716. The van der Waals surface area contributed by atoms with Crippen LogP contribution in [0.3, 0.4) is 0 Å². The maximum Gasteiger partial charge on any atom is 0.152 e. The van der Waals surface area contributed by atoms with Crippen LogP contribution in [-0.2, 0) is 19.4 Å². The highest BCUT2D eigenvalue weighted by atomic mass is 32.2. The molecule has 1 unspecified atom stereocenters. The van der Waals surface area contributed by atoms with Gasteiger partial charge in [0.2, 0.25) is 0 Å². The Bertz CT molecular complexity index is 286. The zero-order valence-corrected chi connectivity index (χ0v) is 10.0. The van der Waals surface area contributed by atoms with Crippen LogP contribution in [0, 0.1) is 0 Å². The molecule has 0 amide bonds. The molecule has 0 bridgehead atoms. The third-order valence-corrected chi connectivity index (χ3v) is 3.79. The number of rotatable bonds is 8. The first-order chi connectivity index (χ1) is 6.93. The Hall–Kier alpha value is -0.460. The van der Waals surface area contributed by atoms with E-state index in [1.807, 2.05) is 0 Å². The second-order valence-electron chi connectivity index (χ2n) is 3.43. The van der Waals surface area contributed by atoms with Crippen LogP contribution >= 0.6 is 0 Å². The molecule has 0 saturated heterocycles. The molecule has 0 aliphatic heterocycles. The molecule has 0 aromatic carbocycles. The number of hydrogen-bond donors (Lipinski definition) is 1. The van der Waals surface area contributed by atoms with Crippen molar-refractivity contribution in [2.45, 2.75) is 25.8 Å². The van der Waals surface area contributed by atoms with Gasteiger partial charge in [-0.05, 0) is 6.42 Å². The Labute approximate surface area is 90.9 Å². The Morgan fingerprint density at radius 1 is 1.40 bits per heavy atom. The van der Waals surface area contributed by atoms with Gasteiger partial charge in [0.25, 0.3) is 0 Å². The summed E-state index contributed by atoms with van der Waals surface area (Å²) in [5, 5.41) is 0. The quantitative estimate of drug-likeness (QED) is 0.628. The molecule has 0 spiro atoms. The molecule has 0 aliphatic rings. The molecular weight excluding hydrogens is 218 g/mol. The van der Waals surface area contributed by atoms with Gasteiger partial charge in [0, 0.05) is 19.3 Å². The van der Waals surface area contributed by atoms with E-state index in [-0.39, 0.29) is 30.3 Å². The predicted octanol–water partition coefficient (Wildman–Crippen LogP) is -0.256. The number of carbonyl (C=O) groups excluding carboxylic acids is 1. The number of methoxy groups -OCH3 is 1. The molecule has 0 saturated carbocycles. The van der Waals surface area contributed by atoms with Crippen LogP contribution in [0.1, 0.15) is 19.8 Å². The van der Waals surface area contributed by atoms with Crippen molar-refractivity contribution in [3.63, 3.8) is 0 Å². The molecular formula is C9H19NO4S. The summed E-state index contributed by atoms with van der Waals surface area (Å²) in [5.74, 6) is -0.256. The van der Waals surface area contributed by atoms with Gasteiger partial charge < -0.3 is 10.5 Å². The second kappa shape index (κ2) is 6.92. The Balaban J connectivity index is 4.00. The standard InChI is InChI=1S/C9H19NO4S/c1-3-5-15(12,13)6-4-9(11)8(10)7-14-2/h8H,3-7,10H2,1-2H3. The van der Waals surface area contributed by atoms with Crippen LogP contribution in [0.4, 0.5) is 0 Å². The van der Waals surface area contributed by atoms with Gasteiger partial charge in [-0.3, -0.25) is 4.79 Å². The van der Waals surface area contributed by atoms with Crippen LogP contribution in [0.15, 0.2) is 0 Å². The third-order valence-electron chi connectivity index (χ3n) is 1.93.